The zero-order valence-corrected chi connectivity index (χ0v) is 18.6. The number of amides is 1. The maximum absolute atomic E-state index is 12.4. The van der Waals surface area contributed by atoms with Crippen LogP contribution in [-0.4, -0.2) is 41.1 Å². The second kappa shape index (κ2) is 10.5. The van der Waals surface area contributed by atoms with E-state index in [2.05, 4.69) is 34.5 Å². The highest BCUT2D eigenvalue weighted by Crippen LogP contribution is 2.23. The summed E-state index contributed by atoms with van der Waals surface area (Å²) in [4.78, 5) is 27.0. The van der Waals surface area contributed by atoms with E-state index in [9.17, 15) is 9.59 Å². The fourth-order valence-corrected chi connectivity index (χ4v) is 4.29. The molecular weight excluding hydrogens is 402 g/mol. The van der Waals surface area contributed by atoms with Crippen molar-refractivity contribution in [3.63, 3.8) is 0 Å². The first-order valence-corrected chi connectivity index (χ1v) is 11.4. The summed E-state index contributed by atoms with van der Waals surface area (Å²) in [5, 5.41) is 4.08. The van der Waals surface area contributed by atoms with Crippen molar-refractivity contribution in [2.45, 2.75) is 38.3 Å². The highest BCUT2D eigenvalue weighted by atomic mass is 16.5. The Morgan fingerprint density at radius 2 is 1.78 bits per heavy atom. The molecule has 2 heterocycles. The Balaban J connectivity index is 1.19. The molecule has 1 N–H and O–H groups in total. The molecule has 0 radical (unpaired) electrons. The van der Waals surface area contributed by atoms with Crippen LogP contribution in [0.15, 0.2) is 65.5 Å². The molecule has 1 aliphatic rings. The van der Waals surface area contributed by atoms with Crippen molar-refractivity contribution in [2.24, 2.45) is 7.05 Å². The van der Waals surface area contributed by atoms with E-state index in [-0.39, 0.29) is 17.5 Å². The number of carbonyl (C=O) groups excluding carboxylic acids is 1. The van der Waals surface area contributed by atoms with Gasteiger partial charge in [-0.25, -0.2) is 0 Å². The van der Waals surface area contributed by atoms with Crippen LogP contribution in [0.1, 0.15) is 31.2 Å². The van der Waals surface area contributed by atoms with E-state index in [1.54, 1.807) is 11.6 Å². The smallest absolute Gasteiger partial charge is 0.254 e. The minimum Gasteiger partial charge on any atom is -0.493 e. The Hall–Kier alpha value is -3.12. The number of benzene rings is 2. The largest absolute Gasteiger partial charge is 0.493 e. The lowest BCUT2D eigenvalue weighted by Gasteiger charge is -2.32. The molecule has 2 aromatic carbocycles. The number of nitrogens with zero attached hydrogens (tertiary/aromatic N) is 2. The highest BCUT2D eigenvalue weighted by Gasteiger charge is 2.20. The number of carbonyl (C=O) groups is 1. The molecule has 4 rings (SSSR count). The Morgan fingerprint density at radius 3 is 2.56 bits per heavy atom. The van der Waals surface area contributed by atoms with Gasteiger partial charge in [0.15, 0.2) is 0 Å². The molecule has 1 saturated heterocycles. The van der Waals surface area contributed by atoms with Gasteiger partial charge in [-0.1, -0.05) is 42.5 Å². The van der Waals surface area contributed by atoms with Gasteiger partial charge in [0.05, 0.1) is 12.1 Å². The molecule has 1 fully saturated rings. The predicted molar refractivity (Wildman–Crippen MR) is 127 cm³/mol. The minimum absolute atomic E-state index is 0.0731. The van der Waals surface area contributed by atoms with Crippen LogP contribution in [0.2, 0.25) is 0 Å². The van der Waals surface area contributed by atoms with E-state index < -0.39 is 0 Å². The first-order chi connectivity index (χ1) is 15.6. The average Bonchev–Trinajstić information content (AvgIpc) is 2.82. The average molecular weight is 434 g/mol. The molecule has 0 bridgehead atoms. The van der Waals surface area contributed by atoms with Gasteiger partial charge in [-0.15, -0.1) is 0 Å². The molecule has 6 nitrogen and oxygen atoms in total. The summed E-state index contributed by atoms with van der Waals surface area (Å²) < 4.78 is 7.48. The standard InChI is InChI=1S/C26H31N3O3/c1-28-23-11-6-5-10-22(23)24(18-26(28)31)32-17-7-12-25(30)27-21-13-15-29(16-14-21)19-20-8-3-2-4-9-20/h2-6,8-11,18,21H,7,12-17,19H2,1H3,(H,27,30). The van der Waals surface area contributed by atoms with Crippen LogP contribution >= 0.6 is 0 Å². The third-order valence-electron chi connectivity index (χ3n) is 6.12. The predicted octanol–water partition coefficient (Wildman–Crippen LogP) is 3.48. The fourth-order valence-electron chi connectivity index (χ4n) is 4.29. The summed E-state index contributed by atoms with van der Waals surface area (Å²) in [7, 11) is 1.75. The molecule has 168 valence electrons. The molecule has 0 spiro atoms. The SMILES string of the molecule is Cn1c(=O)cc(OCCCC(=O)NC2CCN(Cc3ccccc3)CC2)c2ccccc21. The molecule has 1 aromatic heterocycles. The number of pyridine rings is 1. The number of nitrogens with one attached hydrogen (secondary N) is 1. The van der Waals surface area contributed by atoms with Crippen LogP contribution in [0.4, 0.5) is 0 Å². The van der Waals surface area contributed by atoms with Crippen molar-refractivity contribution in [3.8, 4) is 5.75 Å². The van der Waals surface area contributed by atoms with Gasteiger partial charge >= 0.3 is 0 Å². The van der Waals surface area contributed by atoms with E-state index in [1.165, 1.54) is 11.6 Å². The number of hydrogen-bond acceptors (Lipinski definition) is 4. The summed E-state index contributed by atoms with van der Waals surface area (Å²) in [5.74, 6) is 0.652. The third-order valence-corrected chi connectivity index (χ3v) is 6.12. The van der Waals surface area contributed by atoms with Crippen LogP contribution in [0.3, 0.4) is 0 Å². The summed E-state index contributed by atoms with van der Waals surface area (Å²) in [5.41, 5.74) is 2.07. The van der Waals surface area contributed by atoms with E-state index in [0.717, 1.165) is 43.4 Å². The number of fused-ring (bicyclic) bond motifs is 1. The normalized spacial score (nSPS) is 15.0. The molecule has 1 amide bonds. The zero-order valence-electron chi connectivity index (χ0n) is 18.6. The molecular formula is C26H31N3O3. The van der Waals surface area contributed by atoms with Crippen LogP contribution in [0.5, 0.6) is 5.75 Å². The van der Waals surface area contributed by atoms with Gasteiger partial charge in [-0.05, 0) is 37.0 Å². The molecule has 6 heteroatoms. The molecule has 32 heavy (non-hydrogen) atoms. The van der Waals surface area contributed by atoms with Gasteiger partial charge in [0.1, 0.15) is 5.75 Å². The van der Waals surface area contributed by atoms with E-state index in [0.29, 0.717) is 25.2 Å². The maximum atomic E-state index is 12.4. The summed E-state index contributed by atoms with van der Waals surface area (Å²) in [6.45, 7) is 3.37. The lowest BCUT2D eigenvalue weighted by Crippen LogP contribution is -2.44. The van der Waals surface area contributed by atoms with Crippen LogP contribution in [-0.2, 0) is 18.4 Å². The zero-order chi connectivity index (χ0) is 22.3. The minimum atomic E-state index is -0.102. The Morgan fingerprint density at radius 1 is 1.06 bits per heavy atom. The van der Waals surface area contributed by atoms with E-state index in [4.69, 9.17) is 4.74 Å². The number of aromatic nitrogens is 1. The molecule has 1 aliphatic heterocycles. The number of hydrogen-bond donors (Lipinski definition) is 1. The van der Waals surface area contributed by atoms with Crippen LogP contribution in [0, 0.1) is 0 Å². The lowest BCUT2D eigenvalue weighted by atomic mass is 10.0. The first kappa shape index (κ1) is 22.1. The Kier molecular flexibility index (Phi) is 7.22. The second-order valence-electron chi connectivity index (χ2n) is 8.48. The van der Waals surface area contributed by atoms with Crippen molar-refractivity contribution >= 4 is 16.8 Å². The van der Waals surface area contributed by atoms with Gasteiger partial charge < -0.3 is 14.6 Å². The van der Waals surface area contributed by atoms with Crippen LogP contribution < -0.4 is 15.6 Å². The summed E-state index contributed by atoms with van der Waals surface area (Å²) in [6.07, 6.45) is 3.00. The highest BCUT2D eigenvalue weighted by molar-refractivity contribution is 5.85. The fraction of sp³-hybridized carbons (Fsp3) is 0.385. The number of aryl methyl sites for hydroxylation is 1. The number of ether oxygens (including phenoxy) is 1. The van der Waals surface area contributed by atoms with Crippen LogP contribution in [0.25, 0.3) is 10.9 Å². The number of para-hydroxylation sites is 1. The molecule has 0 saturated carbocycles. The third kappa shape index (κ3) is 5.56. The maximum Gasteiger partial charge on any atom is 0.254 e. The van der Waals surface area contributed by atoms with E-state index in [1.807, 2.05) is 30.3 Å². The number of likely N-dealkylation sites (tertiary alicyclic amines) is 1. The lowest BCUT2D eigenvalue weighted by molar-refractivity contribution is -0.122. The van der Waals surface area contributed by atoms with Gasteiger partial charge in [0, 0.05) is 50.6 Å². The van der Waals surface area contributed by atoms with Crippen molar-refractivity contribution in [1.82, 2.24) is 14.8 Å². The summed E-state index contributed by atoms with van der Waals surface area (Å²) in [6, 6.07) is 20.0. The Bertz CT molecular complexity index is 1100. The van der Waals surface area contributed by atoms with Gasteiger partial charge in [0.2, 0.25) is 5.91 Å². The molecule has 0 unspecified atom stereocenters. The molecule has 0 aliphatic carbocycles. The summed E-state index contributed by atoms with van der Waals surface area (Å²) >= 11 is 0. The topological polar surface area (TPSA) is 63.6 Å². The van der Waals surface area contributed by atoms with Gasteiger partial charge in [-0.3, -0.25) is 14.5 Å². The van der Waals surface area contributed by atoms with Crippen molar-refractivity contribution in [1.29, 1.82) is 0 Å². The van der Waals surface area contributed by atoms with Gasteiger partial charge in [-0.2, -0.15) is 0 Å². The first-order valence-electron chi connectivity index (χ1n) is 11.4. The Labute approximate surface area is 188 Å². The van der Waals surface area contributed by atoms with Crippen molar-refractivity contribution in [2.75, 3.05) is 19.7 Å². The van der Waals surface area contributed by atoms with Gasteiger partial charge in [0.25, 0.3) is 5.56 Å². The quantitative estimate of drug-likeness (QED) is 0.553. The number of piperidine rings is 1. The molecule has 3 aromatic rings. The van der Waals surface area contributed by atoms with E-state index >= 15 is 0 Å². The second-order valence-corrected chi connectivity index (χ2v) is 8.48. The monoisotopic (exact) mass is 433 g/mol. The molecule has 0 atom stereocenters. The number of rotatable bonds is 8. The van der Waals surface area contributed by atoms with Crippen molar-refractivity contribution < 1.29 is 9.53 Å². The van der Waals surface area contributed by atoms with Crippen molar-refractivity contribution in [3.05, 3.63) is 76.6 Å².